The third-order valence-corrected chi connectivity index (χ3v) is 2.25. The van der Waals surface area contributed by atoms with Gasteiger partial charge < -0.3 is 15.6 Å². The minimum atomic E-state index is 0.00454. The van der Waals surface area contributed by atoms with Crippen LogP contribution in [0, 0.1) is 0 Å². The number of nitrogens with zero attached hydrogens (tertiary/aromatic N) is 1. The van der Waals surface area contributed by atoms with Gasteiger partial charge in [-0.3, -0.25) is 4.79 Å². The van der Waals surface area contributed by atoms with Crippen LogP contribution in [0.15, 0.2) is 12.5 Å². The molecule has 1 unspecified atom stereocenters. The van der Waals surface area contributed by atoms with E-state index in [0.29, 0.717) is 19.1 Å². The summed E-state index contributed by atoms with van der Waals surface area (Å²) in [6, 6.07) is 0.378. The average Bonchev–Trinajstić information content (AvgIpc) is 2.75. The van der Waals surface area contributed by atoms with Crippen LogP contribution in [-0.2, 0) is 11.3 Å². The Labute approximate surface area is 89.7 Å². The summed E-state index contributed by atoms with van der Waals surface area (Å²) in [5.74, 6) is 0.00454. The maximum absolute atomic E-state index is 11.4. The number of nitrogens with one attached hydrogen (secondary N) is 3. The molecule has 1 atom stereocenters. The van der Waals surface area contributed by atoms with Crippen molar-refractivity contribution in [3.05, 3.63) is 18.2 Å². The van der Waals surface area contributed by atoms with E-state index in [1.54, 1.807) is 12.5 Å². The zero-order valence-electron chi connectivity index (χ0n) is 9.21. The second kappa shape index (κ2) is 6.19. The summed E-state index contributed by atoms with van der Waals surface area (Å²) in [7, 11) is 0. The van der Waals surface area contributed by atoms with Gasteiger partial charge in [-0.1, -0.05) is 6.92 Å². The first-order valence-electron chi connectivity index (χ1n) is 5.19. The molecular formula is C10H18N4O. The van der Waals surface area contributed by atoms with Crippen LogP contribution in [-0.4, -0.2) is 28.5 Å². The SMILES string of the molecule is CCC(C)NCC(=O)NCc1cnc[nH]1. The van der Waals surface area contributed by atoms with Crippen molar-refractivity contribution in [1.29, 1.82) is 0 Å². The van der Waals surface area contributed by atoms with Crippen molar-refractivity contribution in [3.63, 3.8) is 0 Å². The smallest absolute Gasteiger partial charge is 0.234 e. The van der Waals surface area contributed by atoms with Gasteiger partial charge in [0.25, 0.3) is 0 Å². The Kier molecular flexibility index (Phi) is 4.83. The molecule has 15 heavy (non-hydrogen) atoms. The van der Waals surface area contributed by atoms with Crippen LogP contribution in [0.2, 0.25) is 0 Å². The van der Waals surface area contributed by atoms with Crippen molar-refractivity contribution >= 4 is 5.91 Å². The Morgan fingerprint density at radius 2 is 2.47 bits per heavy atom. The number of hydrogen-bond donors (Lipinski definition) is 3. The molecule has 0 radical (unpaired) electrons. The maximum Gasteiger partial charge on any atom is 0.234 e. The summed E-state index contributed by atoms with van der Waals surface area (Å²) in [4.78, 5) is 18.1. The van der Waals surface area contributed by atoms with Gasteiger partial charge >= 0.3 is 0 Å². The number of H-pyrrole nitrogens is 1. The Hall–Kier alpha value is -1.36. The van der Waals surface area contributed by atoms with Crippen molar-refractivity contribution in [2.75, 3.05) is 6.54 Å². The highest BCUT2D eigenvalue weighted by atomic mass is 16.1. The van der Waals surface area contributed by atoms with Crippen molar-refractivity contribution in [2.24, 2.45) is 0 Å². The van der Waals surface area contributed by atoms with E-state index < -0.39 is 0 Å². The molecule has 0 saturated heterocycles. The molecule has 1 aromatic heterocycles. The number of imidazole rings is 1. The van der Waals surface area contributed by atoms with Gasteiger partial charge in [-0.25, -0.2) is 4.98 Å². The molecule has 1 amide bonds. The molecule has 0 saturated carbocycles. The summed E-state index contributed by atoms with van der Waals surface area (Å²) < 4.78 is 0. The van der Waals surface area contributed by atoms with Gasteiger partial charge in [-0.2, -0.15) is 0 Å². The molecule has 1 heterocycles. The van der Waals surface area contributed by atoms with Gasteiger partial charge in [0.2, 0.25) is 5.91 Å². The molecule has 5 nitrogen and oxygen atoms in total. The fourth-order valence-corrected chi connectivity index (χ4v) is 1.05. The molecule has 84 valence electrons. The van der Waals surface area contributed by atoms with Gasteiger partial charge in [0, 0.05) is 12.2 Å². The highest BCUT2D eigenvalue weighted by Gasteiger charge is 2.03. The predicted octanol–water partition coefficient (Wildman–Crippen LogP) is 0.414. The lowest BCUT2D eigenvalue weighted by Crippen LogP contribution is -2.37. The monoisotopic (exact) mass is 210 g/mol. The summed E-state index contributed by atoms with van der Waals surface area (Å²) in [6.07, 6.45) is 4.31. The lowest BCUT2D eigenvalue weighted by molar-refractivity contribution is -0.120. The van der Waals surface area contributed by atoms with Crippen LogP contribution in [0.1, 0.15) is 26.0 Å². The van der Waals surface area contributed by atoms with Gasteiger partial charge in [-0.15, -0.1) is 0 Å². The van der Waals surface area contributed by atoms with Gasteiger partial charge in [0.15, 0.2) is 0 Å². The second-order valence-corrected chi connectivity index (χ2v) is 3.54. The molecule has 1 rings (SSSR count). The fraction of sp³-hybridized carbons (Fsp3) is 0.600. The Morgan fingerprint density at radius 1 is 1.67 bits per heavy atom. The first-order chi connectivity index (χ1) is 7.22. The van der Waals surface area contributed by atoms with Crippen LogP contribution in [0.5, 0.6) is 0 Å². The zero-order chi connectivity index (χ0) is 11.1. The Balaban J connectivity index is 2.14. The number of amides is 1. The number of aromatic nitrogens is 2. The first-order valence-corrected chi connectivity index (χ1v) is 5.19. The fourth-order valence-electron chi connectivity index (χ4n) is 1.05. The normalized spacial score (nSPS) is 12.4. The van der Waals surface area contributed by atoms with E-state index in [4.69, 9.17) is 0 Å². The molecule has 0 aliphatic rings. The predicted molar refractivity (Wildman–Crippen MR) is 58.2 cm³/mol. The molecule has 0 spiro atoms. The van der Waals surface area contributed by atoms with E-state index in [9.17, 15) is 4.79 Å². The Bertz CT molecular complexity index is 284. The molecule has 1 aromatic rings. The van der Waals surface area contributed by atoms with Crippen molar-refractivity contribution in [3.8, 4) is 0 Å². The van der Waals surface area contributed by atoms with Gasteiger partial charge in [0.05, 0.1) is 25.1 Å². The summed E-state index contributed by atoms with van der Waals surface area (Å²) in [6.45, 7) is 5.01. The van der Waals surface area contributed by atoms with E-state index in [-0.39, 0.29) is 5.91 Å². The van der Waals surface area contributed by atoms with Crippen LogP contribution in [0.25, 0.3) is 0 Å². The van der Waals surface area contributed by atoms with E-state index in [2.05, 4.69) is 34.4 Å². The molecule has 0 aliphatic carbocycles. The van der Waals surface area contributed by atoms with Crippen LogP contribution in [0.3, 0.4) is 0 Å². The number of carbonyl (C=O) groups is 1. The molecule has 5 heteroatoms. The highest BCUT2D eigenvalue weighted by Crippen LogP contribution is 1.89. The molecule has 0 aromatic carbocycles. The molecule has 0 fully saturated rings. The van der Waals surface area contributed by atoms with Gasteiger partial charge in [-0.05, 0) is 13.3 Å². The molecule has 0 bridgehead atoms. The zero-order valence-corrected chi connectivity index (χ0v) is 9.21. The number of aromatic amines is 1. The summed E-state index contributed by atoms with van der Waals surface area (Å²) in [5, 5.41) is 5.92. The molecule has 0 aliphatic heterocycles. The molecule has 3 N–H and O–H groups in total. The number of hydrogen-bond acceptors (Lipinski definition) is 3. The van der Waals surface area contributed by atoms with Crippen LogP contribution in [0.4, 0.5) is 0 Å². The minimum absolute atomic E-state index is 0.00454. The average molecular weight is 210 g/mol. The largest absolute Gasteiger partial charge is 0.349 e. The second-order valence-electron chi connectivity index (χ2n) is 3.54. The van der Waals surface area contributed by atoms with E-state index in [1.807, 2.05) is 0 Å². The number of carbonyl (C=O) groups excluding carboxylic acids is 1. The minimum Gasteiger partial charge on any atom is -0.349 e. The lowest BCUT2D eigenvalue weighted by atomic mass is 10.2. The molecular weight excluding hydrogens is 192 g/mol. The van der Waals surface area contributed by atoms with E-state index >= 15 is 0 Å². The van der Waals surface area contributed by atoms with Crippen molar-refractivity contribution < 1.29 is 4.79 Å². The van der Waals surface area contributed by atoms with Crippen LogP contribution >= 0.6 is 0 Å². The topological polar surface area (TPSA) is 69.8 Å². The van der Waals surface area contributed by atoms with E-state index in [0.717, 1.165) is 12.1 Å². The third-order valence-electron chi connectivity index (χ3n) is 2.25. The summed E-state index contributed by atoms with van der Waals surface area (Å²) in [5.41, 5.74) is 0.909. The van der Waals surface area contributed by atoms with E-state index in [1.165, 1.54) is 0 Å². The van der Waals surface area contributed by atoms with Crippen molar-refractivity contribution in [1.82, 2.24) is 20.6 Å². The maximum atomic E-state index is 11.4. The quantitative estimate of drug-likeness (QED) is 0.637. The summed E-state index contributed by atoms with van der Waals surface area (Å²) >= 11 is 0. The first kappa shape index (κ1) is 11.7. The third kappa shape index (κ3) is 4.60. The van der Waals surface area contributed by atoms with Crippen LogP contribution < -0.4 is 10.6 Å². The lowest BCUT2D eigenvalue weighted by Gasteiger charge is -2.10. The van der Waals surface area contributed by atoms with Crippen molar-refractivity contribution in [2.45, 2.75) is 32.9 Å². The Morgan fingerprint density at radius 3 is 3.07 bits per heavy atom. The standard InChI is InChI=1S/C10H18N4O/c1-3-8(2)12-6-10(15)13-5-9-4-11-7-14-9/h4,7-8,12H,3,5-6H2,1-2H3,(H,11,14)(H,13,15). The van der Waals surface area contributed by atoms with Gasteiger partial charge in [0.1, 0.15) is 0 Å². The highest BCUT2D eigenvalue weighted by molar-refractivity contribution is 5.77. The number of rotatable bonds is 6.